The molecule has 98 valence electrons. The van der Waals surface area contributed by atoms with Crippen molar-refractivity contribution in [2.75, 3.05) is 6.54 Å². The van der Waals surface area contributed by atoms with E-state index in [1.807, 2.05) is 0 Å². The molecule has 2 aromatic rings. The summed E-state index contributed by atoms with van der Waals surface area (Å²) in [7, 11) is 0. The van der Waals surface area contributed by atoms with Gasteiger partial charge in [0.05, 0.1) is 0 Å². The summed E-state index contributed by atoms with van der Waals surface area (Å²) in [4.78, 5) is 0. The van der Waals surface area contributed by atoms with Crippen molar-refractivity contribution >= 4 is 16.8 Å². The Balaban J connectivity index is 1.81. The SMILES string of the molecule is CC1CCC(C=Cc2cccc3ccccc23)NC1. The van der Waals surface area contributed by atoms with Crippen LogP contribution in [0.1, 0.15) is 25.3 Å². The lowest BCUT2D eigenvalue weighted by atomic mass is 9.95. The summed E-state index contributed by atoms with van der Waals surface area (Å²) in [6.45, 7) is 3.46. The van der Waals surface area contributed by atoms with Gasteiger partial charge in [0.25, 0.3) is 0 Å². The lowest BCUT2D eigenvalue weighted by Gasteiger charge is -2.25. The number of hydrogen-bond donors (Lipinski definition) is 1. The van der Waals surface area contributed by atoms with E-state index >= 15 is 0 Å². The average molecular weight is 251 g/mol. The molecular formula is C18H21N. The molecule has 2 aromatic carbocycles. The van der Waals surface area contributed by atoms with Gasteiger partial charge in [-0.05, 0) is 41.6 Å². The zero-order chi connectivity index (χ0) is 13.1. The van der Waals surface area contributed by atoms with E-state index in [1.165, 1.54) is 29.2 Å². The van der Waals surface area contributed by atoms with Crippen LogP contribution in [0.4, 0.5) is 0 Å². The Kier molecular flexibility index (Phi) is 3.65. The zero-order valence-corrected chi connectivity index (χ0v) is 11.5. The molecule has 1 aliphatic heterocycles. The van der Waals surface area contributed by atoms with Crippen LogP contribution in [0.25, 0.3) is 16.8 Å². The van der Waals surface area contributed by atoms with Crippen molar-refractivity contribution < 1.29 is 0 Å². The van der Waals surface area contributed by atoms with E-state index in [9.17, 15) is 0 Å². The summed E-state index contributed by atoms with van der Waals surface area (Å²) in [5.41, 5.74) is 1.32. The van der Waals surface area contributed by atoms with Crippen LogP contribution in [-0.2, 0) is 0 Å². The maximum atomic E-state index is 3.60. The van der Waals surface area contributed by atoms with Gasteiger partial charge < -0.3 is 5.32 Å². The highest BCUT2D eigenvalue weighted by atomic mass is 14.9. The van der Waals surface area contributed by atoms with Gasteiger partial charge in [0, 0.05) is 6.04 Å². The minimum atomic E-state index is 0.537. The maximum Gasteiger partial charge on any atom is 0.0253 e. The summed E-state index contributed by atoms with van der Waals surface area (Å²) in [6.07, 6.45) is 7.18. The summed E-state index contributed by atoms with van der Waals surface area (Å²) in [6, 6.07) is 15.6. The second kappa shape index (κ2) is 5.58. The first-order chi connectivity index (χ1) is 9.33. The molecule has 0 saturated carbocycles. The molecule has 0 spiro atoms. The van der Waals surface area contributed by atoms with Gasteiger partial charge in [0.2, 0.25) is 0 Å². The number of piperidine rings is 1. The smallest absolute Gasteiger partial charge is 0.0253 e. The molecule has 1 saturated heterocycles. The van der Waals surface area contributed by atoms with E-state index in [0.717, 1.165) is 12.5 Å². The molecule has 2 unspecified atom stereocenters. The maximum absolute atomic E-state index is 3.60. The van der Waals surface area contributed by atoms with Crippen LogP contribution in [0.5, 0.6) is 0 Å². The Morgan fingerprint density at radius 2 is 1.89 bits per heavy atom. The molecule has 1 nitrogen and oxygen atoms in total. The normalized spacial score (nSPS) is 24.1. The van der Waals surface area contributed by atoms with Crippen LogP contribution in [0.3, 0.4) is 0 Å². The third-order valence-electron chi connectivity index (χ3n) is 4.03. The molecule has 0 radical (unpaired) electrons. The monoisotopic (exact) mass is 251 g/mol. The number of fused-ring (bicyclic) bond motifs is 1. The molecule has 1 N–H and O–H groups in total. The fraction of sp³-hybridized carbons (Fsp3) is 0.333. The predicted molar refractivity (Wildman–Crippen MR) is 83.2 cm³/mol. The van der Waals surface area contributed by atoms with Crippen molar-refractivity contribution in [1.82, 2.24) is 5.32 Å². The van der Waals surface area contributed by atoms with Gasteiger partial charge in [-0.2, -0.15) is 0 Å². The quantitative estimate of drug-likeness (QED) is 0.841. The number of rotatable bonds is 2. The van der Waals surface area contributed by atoms with Crippen molar-refractivity contribution in [2.24, 2.45) is 5.92 Å². The van der Waals surface area contributed by atoms with Crippen molar-refractivity contribution in [3.05, 3.63) is 54.1 Å². The molecule has 0 aliphatic carbocycles. The minimum absolute atomic E-state index is 0.537. The van der Waals surface area contributed by atoms with E-state index in [0.29, 0.717) is 6.04 Å². The Bertz CT molecular complexity index is 572. The Labute approximate surface area is 115 Å². The Morgan fingerprint density at radius 1 is 1.05 bits per heavy atom. The summed E-state index contributed by atoms with van der Waals surface area (Å²) >= 11 is 0. The fourth-order valence-electron chi connectivity index (χ4n) is 2.80. The average Bonchev–Trinajstić information content (AvgIpc) is 2.47. The van der Waals surface area contributed by atoms with Gasteiger partial charge in [0.1, 0.15) is 0 Å². The highest BCUT2D eigenvalue weighted by molar-refractivity contribution is 5.90. The second-order valence-electron chi connectivity index (χ2n) is 5.62. The van der Waals surface area contributed by atoms with Gasteiger partial charge in [-0.3, -0.25) is 0 Å². The number of nitrogens with one attached hydrogen (secondary N) is 1. The minimum Gasteiger partial charge on any atom is -0.310 e. The van der Waals surface area contributed by atoms with Crippen LogP contribution in [0.15, 0.2) is 48.5 Å². The first kappa shape index (κ1) is 12.4. The second-order valence-corrected chi connectivity index (χ2v) is 5.62. The van der Waals surface area contributed by atoms with E-state index in [-0.39, 0.29) is 0 Å². The molecule has 1 heterocycles. The number of benzene rings is 2. The third-order valence-corrected chi connectivity index (χ3v) is 4.03. The third kappa shape index (κ3) is 2.87. The van der Waals surface area contributed by atoms with Crippen LogP contribution in [0, 0.1) is 5.92 Å². The van der Waals surface area contributed by atoms with Crippen LogP contribution in [-0.4, -0.2) is 12.6 Å². The van der Waals surface area contributed by atoms with Crippen LogP contribution >= 0.6 is 0 Å². The molecule has 1 heteroatoms. The van der Waals surface area contributed by atoms with E-state index in [1.54, 1.807) is 0 Å². The molecule has 2 atom stereocenters. The molecule has 0 amide bonds. The first-order valence-corrected chi connectivity index (χ1v) is 7.22. The van der Waals surface area contributed by atoms with E-state index < -0.39 is 0 Å². The lowest BCUT2D eigenvalue weighted by Crippen LogP contribution is -2.36. The first-order valence-electron chi connectivity index (χ1n) is 7.22. The summed E-state index contributed by atoms with van der Waals surface area (Å²) < 4.78 is 0. The number of hydrogen-bond acceptors (Lipinski definition) is 1. The van der Waals surface area contributed by atoms with Crippen molar-refractivity contribution in [3.8, 4) is 0 Å². The van der Waals surface area contributed by atoms with Crippen molar-refractivity contribution in [3.63, 3.8) is 0 Å². The molecule has 0 aromatic heterocycles. The molecule has 3 rings (SSSR count). The van der Waals surface area contributed by atoms with Crippen molar-refractivity contribution in [1.29, 1.82) is 0 Å². The van der Waals surface area contributed by atoms with Gasteiger partial charge in [-0.25, -0.2) is 0 Å². The van der Waals surface area contributed by atoms with Crippen LogP contribution in [0.2, 0.25) is 0 Å². The summed E-state index contributed by atoms with van der Waals surface area (Å²) in [5.74, 6) is 0.821. The lowest BCUT2D eigenvalue weighted by molar-refractivity contribution is 0.363. The molecule has 1 fully saturated rings. The summed E-state index contributed by atoms with van der Waals surface area (Å²) in [5, 5.41) is 6.25. The zero-order valence-electron chi connectivity index (χ0n) is 11.5. The van der Waals surface area contributed by atoms with Gasteiger partial charge in [0.15, 0.2) is 0 Å². The molecule has 0 bridgehead atoms. The molecular weight excluding hydrogens is 230 g/mol. The Hall–Kier alpha value is -1.60. The van der Waals surface area contributed by atoms with E-state index in [4.69, 9.17) is 0 Å². The fourth-order valence-corrected chi connectivity index (χ4v) is 2.80. The van der Waals surface area contributed by atoms with Gasteiger partial charge >= 0.3 is 0 Å². The highest BCUT2D eigenvalue weighted by Gasteiger charge is 2.14. The molecule has 19 heavy (non-hydrogen) atoms. The van der Waals surface area contributed by atoms with Crippen molar-refractivity contribution in [2.45, 2.75) is 25.8 Å². The molecule has 1 aliphatic rings. The van der Waals surface area contributed by atoms with Crippen LogP contribution < -0.4 is 5.32 Å². The highest BCUT2D eigenvalue weighted by Crippen LogP contribution is 2.21. The van der Waals surface area contributed by atoms with Gasteiger partial charge in [-0.1, -0.05) is 61.5 Å². The largest absolute Gasteiger partial charge is 0.310 e. The Morgan fingerprint density at radius 3 is 2.74 bits per heavy atom. The van der Waals surface area contributed by atoms with Gasteiger partial charge in [-0.15, -0.1) is 0 Å². The van der Waals surface area contributed by atoms with E-state index in [2.05, 4.69) is 66.9 Å². The predicted octanol–water partition coefficient (Wildman–Crippen LogP) is 4.24. The topological polar surface area (TPSA) is 12.0 Å². The standard InChI is InChI=1S/C18H21N/c1-14-9-11-17(19-13-14)12-10-16-7-4-6-15-5-2-3-8-18(15)16/h2-8,10,12,14,17,19H,9,11,13H2,1H3.